The molecule has 0 atom stereocenters. The summed E-state index contributed by atoms with van der Waals surface area (Å²) in [7, 11) is -5.39. The van der Waals surface area contributed by atoms with Crippen LogP contribution >= 0.6 is 7.82 Å². The summed E-state index contributed by atoms with van der Waals surface area (Å²) in [5.41, 5.74) is 0. The predicted molar refractivity (Wildman–Crippen MR) is 13.4 cm³/mol. The molecule has 5 radical (unpaired) electrons. The zero-order chi connectivity index (χ0) is 4.50. The number of hydrogen-bond acceptors (Lipinski definition) is 4. The summed E-state index contributed by atoms with van der Waals surface area (Å²) < 4.78 is 8.55. The third-order valence-electron chi connectivity index (χ3n) is 0. The van der Waals surface area contributed by atoms with Crippen LogP contribution in [0.3, 0.4) is 0 Å². The van der Waals surface area contributed by atoms with Gasteiger partial charge in [-0.3, -0.25) is 0 Å². The van der Waals surface area contributed by atoms with E-state index in [1.807, 2.05) is 0 Å². The summed E-state index contributed by atoms with van der Waals surface area (Å²) in [6.07, 6.45) is 0. The standard InChI is InChI=1S/Cr.Ge.Li.H3O4P.Ti/c;;;1-5(2,3)4;/h;;;(H3,1,2,3,4);/q+3;;+1;;+4/p-3. The fourth-order valence-corrected chi connectivity index (χ4v) is 0. The van der Waals surface area contributed by atoms with Gasteiger partial charge in [-0.05, 0) is 0 Å². The average molecular weight is 274 g/mol. The smallest absolute Gasteiger partial charge is 0.822 e. The molecule has 0 amide bonds. The molecule has 0 aromatic carbocycles. The predicted octanol–water partition coefficient (Wildman–Crippen LogP) is -6.21. The average Bonchev–Trinajstić information content (AvgIpc) is 0.722. The van der Waals surface area contributed by atoms with Crippen molar-refractivity contribution in [1.29, 1.82) is 0 Å². The van der Waals surface area contributed by atoms with E-state index in [9.17, 15) is 0 Å². The van der Waals surface area contributed by atoms with E-state index in [2.05, 4.69) is 0 Å². The number of rotatable bonds is 0. The van der Waals surface area contributed by atoms with Crippen LogP contribution < -0.4 is 33.5 Å². The topological polar surface area (TPSA) is 86.2 Å². The van der Waals surface area contributed by atoms with Gasteiger partial charge in [-0.1, -0.05) is 0 Å². The van der Waals surface area contributed by atoms with Crippen LogP contribution in [0.25, 0.3) is 0 Å². The molecule has 0 fully saturated rings. The van der Waals surface area contributed by atoms with Crippen molar-refractivity contribution in [2.24, 2.45) is 0 Å². The Balaban J connectivity index is -0.0000000133. The van der Waals surface area contributed by atoms with Crippen molar-refractivity contribution in [2.75, 3.05) is 0 Å². The molecular weight excluding hydrogens is 274 g/mol. The van der Waals surface area contributed by atoms with Gasteiger partial charge in [-0.15, -0.1) is 0 Å². The van der Waals surface area contributed by atoms with Crippen LogP contribution in [0.5, 0.6) is 0 Å². The van der Waals surface area contributed by atoms with Gasteiger partial charge < -0.3 is 19.2 Å². The second-order valence-electron chi connectivity index (χ2n) is 0.447. The quantitative estimate of drug-likeness (QED) is 0.325. The third-order valence-corrected chi connectivity index (χ3v) is 0. The summed E-state index contributed by atoms with van der Waals surface area (Å²) in [5.74, 6) is 0. The fourth-order valence-electron chi connectivity index (χ4n) is 0. The van der Waals surface area contributed by atoms with Crippen molar-refractivity contribution < 1.29 is 77.2 Å². The minimum Gasteiger partial charge on any atom is -0.822 e. The Morgan fingerprint density at radius 1 is 1.11 bits per heavy atom. The molecule has 0 aromatic heterocycles. The molecule has 0 saturated carbocycles. The van der Waals surface area contributed by atoms with E-state index < -0.39 is 7.82 Å². The van der Waals surface area contributed by atoms with Gasteiger partial charge in [0.15, 0.2) is 0 Å². The SMILES string of the molecule is O=P([O-])([O-])[O-].[Cr+3].[Ge].[Li+].[Ti+4]. The van der Waals surface area contributed by atoms with Crippen LogP contribution in [-0.4, -0.2) is 17.6 Å². The van der Waals surface area contributed by atoms with Crippen LogP contribution in [0.4, 0.5) is 0 Å². The fraction of sp³-hybridized carbons (Fsp3) is 0. The van der Waals surface area contributed by atoms with Crippen molar-refractivity contribution in [3.05, 3.63) is 0 Å². The first kappa shape index (κ1) is 30.0. The Labute approximate surface area is 102 Å². The molecule has 0 unspecified atom stereocenters. The summed E-state index contributed by atoms with van der Waals surface area (Å²) >= 11 is 0. The first-order chi connectivity index (χ1) is 2.00. The van der Waals surface area contributed by atoms with Crippen molar-refractivity contribution in [3.63, 3.8) is 0 Å². The monoisotopic (exact) mass is 276 g/mol. The molecule has 0 aliphatic carbocycles. The Kier molecular flexibility index (Phi) is 43.7. The maximum atomic E-state index is 8.55. The van der Waals surface area contributed by atoms with E-state index >= 15 is 0 Å². The Bertz CT molecular complexity index is 66.7. The van der Waals surface area contributed by atoms with Crippen LogP contribution in [0.2, 0.25) is 0 Å². The van der Waals surface area contributed by atoms with E-state index in [0.29, 0.717) is 0 Å². The molecule has 0 saturated heterocycles. The van der Waals surface area contributed by atoms with Gasteiger partial charge in [-0.25, -0.2) is 0 Å². The normalized spacial score (nSPS) is 6.56. The second-order valence-corrected chi connectivity index (χ2v) is 1.34. The zero-order valence-corrected chi connectivity index (χ0v) is 10.3. The summed E-state index contributed by atoms with van der Waals surface area (Å²) in [5, 5.41) is 0. The maximum Gasteiger partial charge on any atom is 4.00 e. The minimum absolute atomic E-state index is 0. The summed E-state index contributed by atoms with van der Waals surface area (Å²) in [6, 6.07) is 0. The molecule has 0 heterocycles. The van der Waals surface area contributed by atoms with Crippen molar-refractivity contribution in [2.45, 2.75) is 0 Å². The third kappa shape index (κ3) is 122. The molecule has 9 heavy (non-hydrogen) atoms. The molecule has 0 bridgehead atoms. The number of phosphoric acid groups is 1. The zero-order valence-electron chi connectivity index (χ0n) is 4.49. The van der Waals surface area contributed by atoms with Gasteiger partial charge >= 0.3 is 57.9 Å². The molecule has 0 rings (SSSR count). The van der Waals surface area contributed by atoms with Gasteiger partial charge in [-0.2, -0.15) is 7.82 Å². The molecule has 39 valence electrons. The van der Waals surface area contributed by atoms with Crippen LogP contribution in [0, 0.1) is 0 Å². The molecular formula is CrGeLiO4PTi+5. The van der Waals surface area contributed by atoms with Crippen molar-refractivity contribution in [3.8, 4) is 0 Å². The maximum absolute atomic E-state index is 8.55. The van der Waals surface area contributed by atoms with Gasteiger partial charge in [0.05, 0.1) is 0 Å². The van der Waals surface area contributed by atoms with Crippen molar-refractivity contribution >= 4 is 25.4 Å². The van der Waals surface area contributed by atoms with E-state index in [4.69, 9.17) is 19.2 Å². The number of hydrogen-bond donors (Lipinski definition) is 0. The molecule has 0 aliphatic rings. The second kappa shape index (κ2) is 13.1. The minimum atomic E-state index is -5.39. The first-order valence-electron chi connectivity index (χ1n) is 0.730. The van der Waals surface area contributed by atoms with E-state index in [1.54, 1.807) is 0 Å². The summed E-state index contributed by atoms with van der Waals surface area (Å²) in [4.78, 5) is 25.6. The van der Waals surface area contributed by atoms with E-state index in [-0.39, 0.29) is 75.5 Å². The molecule has 0 aromatic rings. The molecule has 9 heteroatoms. The van der Waals surface area contributed by atoms with Gasteiger partial charge in [0.1, 0.15) is 0 Å². The van der Waals surface area contributed by atoms with E-state index in [0.717, 1.165) is 0 Å². The summed E-state index contributed by atoms with van der Waals surface area (Å²) in [6.45, 7) is 0. The van der Waals surface area contributed by atoms with Crippen LogP contribution in [0.1, 0.15) is 0 Å². The Morgan fingerprint density at radius 2 is 1.11 bits per heavy atom. The molecule has 4 nitrogen and oxygen atoms in total. The molecule has 0 N–H and O–H groups in total. The molecule has 0 spiro atoms. The van der Waals surface area contributed by atoms with Crippen LogP contribution in [0.15, 0.2) is 0 Å². The van der Waals surface area contributed by atoms with Gasteiger partial charge in [0.25, 0.3) is 0 Å². The largest absolute Gasteiger partial charge is 4.00 e. The van der Waals surface area contributed by atoms with Gasteiger partial charge in [0.2, 0.25) is 0 Å². The molecule has 0 aliphatic heterocycles. The Hall–Kier alpha value is 2.50. The first-order valence-corrected chi connectivity index (χ1v) is 2.19. The van der Waals surface area contributed by atoms with Crippen molar-refractivity contribution in [1.82, 2.24) is 0 Å². The van der Waals surface area contributed by atoms with E-state index in [1.165, 1.54) is 0 Å². The Morgan fingerprint density at radius 3 is 1.11 bits per heavy atom. The van der Waals surface area contributed by atoms with Gasteiger partial charge in [0, 0.05) is 17.6 Å². The van der Waals surface area contributed by atoms with Crippen LogP contribution in [-0.2, 0) is 43.6 Å².